The minimum absolute atomic E-state index is 0. The Bertz CT molecular complexity index is 3630. The number of hydrogen-bond acceptors (Lipinski definition) is 3. The maximum atomic E-state index is 12.8. The van der Waals surface area contributed by atoms with Crippen molar-refractivity contribution in [2.45, 2.75) is 131 Å². The molecular formula is C68H72N3OPt-. The van der Waals surface area contributed by atoms with Gasteiger partial charge >= 0.3 is 0 Å². The molecule has 376 valence electrons. The first-order valence-corrected chi connectivity index (χ1v) is 25.3. The van der Waals surface area contributed by atoms with Crippen LogP contribution in [-0.2, 0) is 42.7 Å². The molecule has 0 saturated carbocycles. The van der Waals surface area contributed by atoms with Crippen LogP contribution >= 0.6 is 0 Å². The van der Waals surface area contributed by atoms with E-state index in [2.05, 4.69) is 167 Å². The van der Waals surface area contributed by atoms with Crippen LogP contribution in [0.2, 0.25) is 0 Å². The SMILES string of the molecule is [2H]C([2H])([2H])c1cc(-n2c(-c3cc(C(C)(C)C)cc(C(C)(C)C)c3O)nc3c(-c4[c-]c(-c5cc(-c6ccc(C([2H])(C)C)cc6)ccn5)cc(C(C)(C)C)c4)cccc32)c(-c2ccc(C(C)(C)C)cc2)cc1-c1ccccc1.[Pt]. The smallest absolute Gasteiger partial charge is 0.148 e. The Morgan fingerprint density at radius 2 is 1.16 bits per heavy atom. The summed E-state index contributed by atoms with van der Waals surface area (Å²) in [5, 5.41) is 12.8. The van der Waals surface area contributed by atoms with Crippen LogP contribution in [0.1, 0.15) is 142 Å². The fraction of sp³-hybridized carbons (Fsp3) is 0.294. The average Bonchev–Trinajstić information content (AvgIpc) is 3.74. The summed E-state index contributed by atoms with van der Waals surface area (Å²) in [6.07, 6.45) is 1.84. The Hall–Kier alpha value is -6.35. The van der Waals surface area contributed by atoms with Crippen LogP contribution in [0.25, 0.3) is 83.9 Å². The molecule has 1 N–H and O–H groups in total. The van der Waals surface area contributed by atoms with Crippen molar-refractivity contribution in [1.29, 1.82) is 0 Å². The molecule has 9 rings (SSSR count). The molecule has 0 aliphatic heterocycles. The van der Waals surface area contributed by atoms with Gasteiger partial charge in [0.2, 0.25) is 0 Å². The molecule has 7 aromatic carbocycles. The average molecular weight is 1150 g/mol. The van der Waals surface area contributed by atoms with E-state index in [9.17, 15) is 5.11 Å². The first kappa shape index (κ1) is 47.6. The van der Waals surface area contributed by atoms with Gasteiger partial charge in [0.15, 0.2) is 0 Å². The van der Waals surface area contributed by atoms with Gasteiger partial charge in [-0.05, 0) is 115 Å². The van der Waals surface area contributed by atoms with Crippen LogP contribution < -0.4 is 0 Å². The number of aromatic nitrogens is 3. The molecule has 4 nitrogen and oxygen atoms in total. The third-order valence-electron chi connectivity index (χ3n) is 14.1. The van der Waals surface area contributed by atoms with E-state index in [0.29, 0.717) is 28.2 Å². The predicted octanol–water partition coefficient (Wildman–Crippen LogP) is 18.5. The van der Waals surface area contributed by atoms with Gasteiger partial charge in [-0.25, -0.2) is 4.98 Å². The zero-order chi connectivity index (χ0) is 55.1. The molecule has 0 fully saturated rings. The van der Waals surface area contributed by atoms with E-state index < -0.39 is 18.2 Å². The predicted molar refractivity (Wildman–Crippen MR) is 306 cm³/mol. The number of fused-ring (bicyclic) bond motifs is 1. The normalized spacial score (nSPS) is 13.5. The summed E-state index contributed by atoms with van der Waals surface area (Å²) in [4.78, 5) is 10.6. The molecule has 0 saturated heterocycles. The molecule has 2 aromatic heterocycles. The number of para-hydroxylation sites is 1. The summed E-state index contributed by atoms with van der Waals surface area (Å²) in [6.45, 7) is 27.4. The second-order valence-electron chi connectivity index (χ2n) is 23.9. The fourth-order valence-corrected chi connectivity index (χ4v) is 9.60. The van der Waals surface area contributed by atoms with Crippen molar-refractivity contribution in [2.24, 2.45) is 0 Å². The molecular weight excluding hydrogens is 1070 g/mol. The number of imidazole rings is 1. The Morgan fingerprint density at radius 1 is 0.548 bits per heavy atom. The first-order valence-electron chi connectivity index (χ1n) is 27.3. The maximum absolute atomic E-state index is 12.8. The van der Waals surface area contributed by atoms with E-state index in [-0.39, 0.29) is 48.6 Å². The number of phenols is 1. The minimum Gasteiger partial charge on any atom is -0.507 e. The van der Waals surface area contributed by atoms with Gasteiger partial charge in [0, 0.05) is 49.6 Å². The second-order valence-corrected chi connectivity index (χ2v) is 23.9. The second kappa shape index (κ2) is 19.8. The number of pyridine rings is 1. The van der Waals surface area contributed by atoms with E-state index >= 15 is 0 Å². The van der Waals surface area contributed by atoms with Crippen LogP contribution in [0.5, 0.6) is 5.75 Å². The Balaban J connectivity index is 0.00000784. The van der Waals surface area contributed by atoms with Gasteiger partial charge in [0.25, 0.3) is 0 Å². The molecule has 0 radical (unpaired) electrons. The molecule has 0 bridgehead atoms. The third-order valence-corrected chi connectivity index (χ3v) is 14.1. The van der Waals surface area contributed by atoms with Crippen molar-refractivity contribution < 1.29 is 31.7 Å². The van der Waals surface area contributed by atoms with Crippen LogP contribution in [-0.4, -0.2) is 19.6 Å². The van der Waals surface area contributed by atoms with E-state index in [1.165, 1.54) is 5.56 Å². The third kappa shape index (κ3) is 10.7. The summed E-state index contributed by atoms with van der Waals surface area (Å²) < 4.78 is 38.0. The first-order chi connectivity index (χ1) is 35.4. The van der Waals surface area contributed by atoms with Crippen LogP contribution in [0.3, 0.4) is 0 Å². The Kier molecular flexibility index (Phi) is 12.9. The van der Waals surface area contributed by atoms with Gasteiger partial charge in [0.1, 0.15) is 11.6 Å². The maximum Gasteiger partial charge on any atom is 0.148 e. The molecule has 0 atom stereocenters. The standard InChI is InChI=1S/C68H72N3O.Pt/c1-42(2)44-24-26-45(27-25-44)48-32-33-69-59(38-48)50-35-49(36-52(37-50)66(7,8)9)54-22-19-23-60-62(54)70-64(57-39-53(67(10,11)12)40-58(63(57)72)68(13,14)15)71(60)61-34-43(3)55(46-20-17-16-18-21-46)41-56(61)47-28-30-51(31-29-47)65(4,5)6;/h16-34,36-42,72H,1-15H3;/q-1;/i3D3,42D;. The number of rotatable bonds is 8. The molecule has 5 heteroatoms. The van der Waals surface area contributed by atoms with Crippen molar-refractivity contribution >= 4 is 11.0 Å². The summed E-state index contributed by atoms with van der Waals surface area (Å²) in [6, 6.07) is 53.0. The summed E-state index contributed by atoms with van der Waals surface area (Å²) >= 11 is 0. The molecule has 0 amide bonds. The van der Waals surface area contributed by atoms with Crippen molar-refractivity contribution in [1.82, 2.24) is 14.5 Å². The summed E-state index contributed by atoms with van der Waals surface area (Å²) in [5.41, 5.74) is 15.1. The van der Waals surface area contributed by atoms with E-state index in [1.807, 2.05) is 92.8 Å². The van der Waals surface area contributed by atoms with E-state index in [0.717, 1.165) is 78.0 Å². The van der Waals surface area contributed by atoms with Gasteiger partial charge in [-0.15, -0.1) is 29.3 Å². The summed E-state index contributed by atoms with van der Waals surface area (Å²) in [5.74, 6) is -0.102. The molecule has 0 aliphatic rings. The largest absolute Gasteiger partial charge is 0.507 e. The van der Waals surface area contributed by atoms with Gasteiger partial charge in [-0.3, -0.25) is 9.55 Å². The number of aromatic hydroxyl groups is 1. The van der Waals surface area contributed by atoms with E-state index in [4.69, 9.17) is 15.5 Å². The number of hydrogen-bond donors (Lipinski definition) is 1. The number of nitrogens with zero attached hydrogens (tertiary/aromatic N) is 3. The zero-order valence-electron chi connectivity index (χ0n) is 49.0. The zero-order valence-corrected chi connectivity index (χ0v) is 47.3. The van der Waals surface area contributed by atoms with Gasteiger partial charge in [-0.1, -0.05) is 211 Å². The van der Waals surface area contributed by atoms with Crippen LogP contribution in [0, 0.1) is 12.9 Å². The topological polar surface area (TPSA) is 50.9 Å². The van der Waals surface area contributed by atoms with Crippen molar-refractivity contribution in [3.63, 3.8) is 0 Å². The monoisotopic (exact) mass is 1150 g/mol. The van der Waals surface area contributed by atoms with E-state index in [1.54, 1.807) is 0 Å². The van der Waals surface area contributed by atoms with Gasteiger partial charge in [0.05, 0.1) is 22.3 Å². The number of aryl methyl sites for hydroxylation is 1. The summed E-state index contributed by atoms with van der Waals surface area (Å²) in [7, 11) is 0. The molecule has 0 aliphatic carbocycles. The molecule has 0 spiro atoms. The molecule has 2 heterocycles. The van der Waals surface area contributed by atoms with Gasteiger partial charge in [-0.2, -0.15) is 0 Å². The van der Waals surface area contributed by atoms with Crippen molar-refractivity contribution in [3.8, 4) is 78.6 Å². The van der Waals surface area contributed by atoms with Crippen LogP contribution in [0.4, 0.5) is 0 Å². The molecule has 9 aromatic rings. The molecule has 0 unspecified atom stereocenters. The fourth-order valence-electron chi connectivity index (χ4n) is 9.60. The number of phenolic OH excluding ortho intramolecular Hbond substituents is 1. The number of benzene rings is 7. The van der Waals surface area contributed by atoms with Crippen LogP contribution in [0.15, 0.2) is 152 Å². The Labute approximate surface area is 455 Å². The quantitative estimate of drug-likeness (QED) is 0.154. The van der Waals surface area contributed by atoms with Crippen molar-refractivity contribution in [2.75, 3.05) is 0 Å². The molecule has 73 heavy (non-hydrogen) atoms. The van der Waals surface area contributed by atoms with Crippen molar-refractivity contribution in [3.05, 3.63) is 191 Å². The minimum atomic E-state index is -2.50. The van der Waals surface area contributed by atoms with Gasteiger partial charge < -0.3 is 5.11 Å². The Morgan fingerprint density at radius 3 is 1.78 bits per heavy atom.